The molecule has 2 N–H and O–H groups in total. The second kappa shape index (κ2) is 5.12. The molecule has 0 aliphatic rings. The molecule has 0 saturated carbocycles. The second-order valence-electron chi connectivity index (χ2n) is 3.87. The smallest absolute Gasteiger partial charge is 0.382 e. The third kappa shape index (κ3) is 3.26. The minimum absolute atomic E-state index is 0.168. The number of anilines is 1. The number of aromatic nitrogens is 2. The van der Waals surface area contributed by atoms with Crippen LogP contribution in [0.15, 0.2) is 42.1 Å². The highest BCUT2D eigenvalue weighted by Gasteiger charge is 2.33. The summed E-state index contributed by atoms with van der Waals surface area (Å²) in [4.78, 5) is 0. The molecule has 0 aliphatic carbocycles. The molecule has 0 amide bonds. The normalized spacial score (nSPS) is 12.4. The lowest BCUT2D eigenvalue weighted by Gasteiger charge is -2.11. The number of alkyl halides is 3. The van der Waals surface area contributed by atoms with Crippen LogP contribution in [0.5, 0.6) is 0 Å². The molecule has 1 aromatic rings. The first-order chi connectivity index (χ1) is 8.25. The van der Waals surface area contributed by atoms with Gasteiger partial charge in [-0.05, 0) is 26.0 Å². The largest absolute Gasteiger partial charge is 0.416 e. The number of rotatable bonds is 3. The number of nitrogen functional groups attached to an aromatic ring is 1. The summed E-state index contributed by atoms with van der Waals surface area (Å²) < 4.78 is 39.6. The van der Waals surface area contributed by atoms with Crippen molar-refractivity contribution in [2.45, 2.75) is 20.0 Å². The molecular formula is C12H14F3N3. The summed E-state index contributed by atoms with van der Waals surface area (Å²) >= 11 is 0. The predicted molar refractivity (Wildman–Crippen MR) is 65.5 cm³/mol. The summed E-state index contributed by atoms with van der Waals surface area (Å²) in [5, 5.41) is 3.84. The Morgan fingerprint density at radius 2 is 2.06 bits per heavy atom. The molecule has 3 nitrogen and oxygen atoms in total. The Hall–Kier alpha value is -1.98. The molecule has 6 heteroatoms. The van der Waals surface area contributed by atoms with Crippen LogP contribution in [0.4, 0.5) is 19.0 Å². The molecule has 1 heterocycles. The fraction of sp³-hybridized carbons (Fsp3) is 0.250. The number of halogens is 3. The van der Waals surface area contributed by atoms with E-state index in [2.05, 4.69) is 11.7 Å². The fourth-order valence-electron chi connectivity index (χ4n) is 1.36. The quantitative estimate of drug-likeness (QED) is 0.843. The van der Waals surface area contributed by atoms with Crippen LogP contribution in [0.3, 0.4) is 0 Å². The molecule has 0 aromatic carbocycles. The molecule has 18 heavy (non-hydrogen) atoms. The topological polar surface area (TPSA) is 43.8 Å². The van der Waals surface area contributed by atoms with Crippen molar-refractivity contribution in [3.05, 3.63) is 42.1 Å². The summed E-state index contributed by atoms with van der Waals surface area (Å²) in [6.07, 6.45) is -0.649. The highest BCUT2D eigenvalue weighted by molar-refractivity contribution is 5.61. The number of nitrogens with zero attached hydrogens (tertiary/aromatic N) is 2. The van der Waals surface area contributed by atoms with Crippen molar-refractivity contribution in [2.75, 3.05) is 5.73 Å². The average Bonchev–Trinajstić information content (AvgIpc) is 2.63. The Bertz CT molecular complexity index is 503. The molecule has 98 valence electrons. The van der Waals surface area contributed by atoms with Crippen molar-refractivity contribution in [3.8, 4) is 0 Å². The third-order valence-corrected chi connectivity index (χ3v) is 2.22. The molecule has 1 rings (SSSR count). The van der Waals surface area contributed by atoms with E-state index in [4.69, 9.17) is 5.73 Å². The summed E-state index contributed by atoms with van der Waals surface area (Å²) in [6.45, 7) is 6.28. The van der Waals surface area contributed by atoms with Gasteiger partial charge in [-0.2, -0.15) is 18.3 Å². The van der Waals surface area contributed by atoms with Gasteiger partial charge < -0.3 is 5.73 Å². The monoisotopic (exact) mass is 257 g/mol. The summed E-state index contributed by atoms with van der Waals surface area (Å²) in [7, 11) is 0. The van der Waals surface area contributed by atoms with E-state index < -0.39 is 11.7 Å². The molecule has 0 saturated heterocycles. The van der Waals surface area contributed by atoms with Crippen LogP contribution in [0.1, 0.15) is 13.8 Å². The van der Waals surface area contributed by atoms with Crippen molar-refractivity contribution in [1.29, 1.82) is 0 Å². The standard InChI is InChI=1S/C12H14F3N3/c1-4-9(18-6-5-11(16)17-18)7-10(8(2)3)12(13,14)15/h4-7H,1H2,2-3H3,(H2,16,17)/b9-7+. The van der Waals surface area contributed by atoms with E-state index in [1.54, 1.807) is 0 Å². The fourth-order valence-corrected chi connectivity index (χ4v) is 1.36. The molecule has 0 spiro atoms. The maximum atomic E-state index is 12.8. The molecule has 0 bridgehead atoms. The second-order valence-corrected chi connectivity index (χ2v) is 3.87. The number of hydrogen-bond acceptors (Lipinski definition) is 2. The van der Waals surface area contributed by atoms with Gasteiger partial charge in [-0.1, -0.05) is 12.2 Å². The summed E-state index contributed by atoms with van der Waals surface area (Å²) in [6, 6.07) is 1.49. The molecule has 0 atom stereocenters. The van der Waals surface area contributed by atoms with E-state index in [-0.39, 0.29) is 17.1 Å². The zero-order chi connectivity index (χ0) is 13.9. The van der Waals surface area contributed by atoms with E-state index in [0.717, 1.165) is 6.08 Å². The first kappa shape index (κ1) is 14.1. The van der Waals surface area contributed by atoms with Gasteiger partial charge in [0, 0.05) is 12.3 Å². The maximum absolute atomic E-state index is 12.8. The Morgan fingerprint density at radius 1 is 1.44 bits per heavy atom. The van der Waals surface area contributed by atoms with E-state index in [0.29, 0.717) is 0 Å². The predicted octanol–water partition coefficient (Wildman–Crippen LogP) is 3.39. The highest BCUT2D eigenvalue weighted by atomic mass is 19.4. The van der Waals surface area contributed by atoms with E-state index in [1.165, 1.54) is 36.9 Å². The Labute approximate surface area is 103 Å². The van der Waals surface area contributed by atoms with Gasteiger partial charge in [0.25, 0.3) is 0 Å². The molecule has 0 aliphatic heterocycles. The van der Waals surface area contributed by atoms with Crippen LogP contribution < -0.4 is 5.73 Å². The number of hydrogen-bond donors (Lipinski definition) is 1. The Balaban J connectivity index is 3.27. The number of allylic oxidation sites excluding steroid dienone is 5. The van der Waals surface area contributed by atoms with Crippen LogP contribution >= 0.6 is 0 Å². The lowest BCUT2D eigenvalue weighted by atomic mass is 10.1. The van der Waals surface area contributed by atoms with E-state index in [1.807, 2.05) is 0 Å². The van der Waals surface area contributed by atoms with Crippen LogP contribution in [0.2, 0.25) is 0 Å². The molecule has 0 unspecified atom stereocenters. The first-order valence-corrected chi connectivity index (χ1v) is 5.16. The first-order valence-electron chi connectivity index (χ1n) is 5.16. The molecule has 0 fully saturated rings. The van der Waals surface area contributed by atoms with Gasteiger partial charge in [-0.25, -0.2) is 4.68 Å². The minimum Gasteiger partial charge on any atom is -0.382 e. The van der Waals surface area contributed by atoms with Crippen molar-refractivity contribution in [3.63, 3.8) is 0 Å². The minimum atomic E-state index is -4.41. The third-order valence-electron chi connectivity index (χ3n) is 2.22. The van der Waals surface area contributed by atoms with Gasteiger partial charge in [0.1, 0.15) is 5.82 Å². The van der Waals surface area contributed by atoms with Crippen molar-refractivity contribution in [2.24, 2.45) is 0 Å². The lowest BCUT2D eigenvalue weighted by molar-refractivity contribution is -0.0889. The summed E-state index contributed by atoms with van der Waals surface area (Å²) in [5.74, 6) is 0.230. The average molecular weight is 257 g/mol. The van der Waals surface area contributed by atoms with Crippen LogP contribution in [0.25, 0.3) is 5.70 Å². The van der Waals surface area contributed by atoms with Gasteiger partial charge in [-0.15, -0.1) is 0 Å². The maximum Gasteiger partial charge on any atom is 0.416 e. The SMILES string of the molecule is C=C/C(=C\C(=C(C)C)C(F)(F)F)n1ccc(N)n1. The van der Waals surface area contributed by atoms with Crippen molar-refractivity contribution in [1.82, 2.24) is 9.78 Å². The van der Waals surface area contributed by atoms with Gasteiger partial charge >= 0.3 is 6.18 Å². The van der Waals surface area contributed by atoms with Gasteiger partial charge in [-0.3, -0.25) is 0 Å². The zero-order valence-corrected chi connectivity index (χ0v) is 10.1. The van der Waals surface area contributed by atoms with Gasteiger partial charge in [0.05, 0.1) is 11.3 Å². The Morgan fingerprint density at radius 3 is 2.39 bits per heavy atom. The summed E-state index contributed by atoms with van der Waals surface area (Å²) in [5.41, 5.74) is 5.08. The van der Waals surface area contributed by atoms with E-state index in [9.17, 15) is 13.2 Å². The lowest BCUT2D eigenvalue weighted by Crippen LogP contribution is -2.12. The van der Waals surface area contributed by atoms with Crippen LogP contribution in [-0.4, -0.2) is 16.0 Å². The van der Waals surface area contributed by atoms with Crippen molar-refractivity contribution >= 4 is 11.5 Å². The van der Waals surface area contributed by atoms with Crippen LogP contribution in [0, 0.1) is 0 Å². The van der Waals surface area contributed by atoms with Gasteiger partial charge in [0.2, 0.25) is 0 Å². The van der Waals surface area contributed by atoms with Gasteiger partial charge in [0.15, 0.2) is 0 Å². The number of nitrogens with two attached hydrogens (primary N) is 1. The van der Waals surface area contributed by atoms with Crippen molar-refractivity contribution < 1.29 is 13.2 Å². The Kier molecular flexibility index (Phi) is 4.00. The van der Waals surface area contributed by atoms with Crippen LogP contribution in [-0.2, 0) is 0 Å². The molecular weight excluding hydrogens is 243 g/mol. The zero-order valence-electron chi connectivity index (χ0n) is 10.1. The highest BCUT2D eigenvalue weighted by Crippen LogP contribution is 2.30. The molecule has 0 radical (unpaired) electrons. The molecule has 1 aromatic heterocycles. The van der Waals surface area contributed by atoms with E-state index >= 15 is 0 Å².